The number of carbonyl (C=O) groups excluding carboxylic acids is 1. The van der Waals surface area contributed by atoms with Crippen molar-refractivity contribution in [2.75, 3.05) is 44.9 Å². The van der Waals surface area contributed by atoms with Gasteiger partial charge in [0, 0.05) is 30.8 Å². The predicted molar refractivity (Wildman–Crippen MR) is 123 cm³/mol. The number of nitrogens with zero attached hydrogens (tertiary/aromatic N) is 3. The van der Waals surface area contributed by atoms with E-state index < -0.39 is 0 Å². The number of hydrogen-bond acceptors (Lipinski definition) is 6. The monoisotopic (exact) mass is 453 g/mol. The number of morpholine rings is 1. The first-order valence-corrected chi connectivity index (χ1v) is 11.1. The van der Waals surface area contributed by atoms with E-state index in [1.165, 1.54) is 6.07 Å². The van der Waals surface area contributed by atoms with Crippen molar-refractivity contribution in [3.63, 3.8) is 0 Å². The molecule has 8 heteroatoms. The molecule has 0 unspecified atom stereocenters. The molecular formula is C25H28FN3O4. The number of methoxy groups -OCH3 is 1. The maximum Gasteiger partial charge on any atom is 0.254 e. The molecule has 4 rings (SSSR count). The van der Waals surface area contributed by atoms with Crippen LogP contribution in [0.15, 0.2) is 53.1 Å². The average Bonchev–Trinajstić information content (AvgIpc) is 3.27. The Labute approximate surface area is 192 Å². The summed E-state index contributed by atoms with van der Waals surface area (Å²) in [6, 6.07) is 13.5. The molecule has 1 saturated heterocycles. The highest BCUT2D eigenvalue weighted by Gasteiger charge is 2.28. The summed E-state index contributed by atoms with van der Waals surface area (Å²) < 4.78 is 31.2. The van der Waals surface area contributed by atoms with Gasteiger partial charge in [-0.2, -0.15) is 0 Å². The van der Waals surface area contributed by atoms with Crippen LogP contribution in [0.25, 0.3) is 11.3 Å². The minimum atomic E-state index is -0.387. The minimum Gasteiger partial charge on any atom is -0.497 e. The molecular weight excluding hydrogens is 425 g/mol. The predicted octanol–water partition coefficient (Wildman–Crippen LogP) is 4.38. The second kappa shape index (κ2) is 10.5. The molecule has 33 heavy (non-hydrogen) atoms. The van der Waals surface area contributed by atoms with E-state index >= 15 is 0 Å². The normalized spacial score (nSPS) is 13.7. The molecule has 1 aliphatic rings. The van der Waals surface area contributed by atoms with E-state index in [2.05, 4.69) is 5.16 Å². The van der Waals surface area contributed by atoms with Crippen molar-refractivity contribution in [3.8, 4) is 17.0 Å². The molecule has 174 valence electrons. The van der Waals surface area contributed by atoms with Crippen LogP contribution in [0.1, 0.15) is 29.3 Å². The molecule has 1 amide bonds. The Morgan fingerprint density at radius 1 is 1.18 bits per heavy atom. The molecule has 1 fully saturated rings. The van der Waals surface area contributed by atoms with E-state index in [0.717, 1.165) is 6.42 Å². The Kier molecular flexibility index (Phi) is 7.24. The zero-order valence-electron chi connectivity index (χ0n) is 18.9. The molecule has 0 spiro atoms. The lowest BCUT2D eigenvalue weighted by Gasteiger charge is -2.28. The standard InChI is InChI=1S/C25H28FN3O4/c1-3-11-29(24(30)18-7-6-8-19(16-18)31-2)17-21-23(20-9-4-5-10-22(20)26)27-33-25(21)28-12-14-32-15-13-28/h4-10,16H,3,11-15,17H2,1-2H3. The summed E-state index contributed by atoms with van der Waals surface area (Å²) in [5.74, 6) is 0.644. The Morgan fingerprint density at radius 2 is 1.97 bits per heavy atom. The third kappa shape index (κ3) is 5.01. The van der Waals surface area contributed by atoms with Crippen LogP contribution >= 0.6 is 0 Å². The molecule has 1 aliphatic heterocycles. The average molecular weight is 454 g/mol. The number of halogens is 1. The van der Waals surface area contributed by atoms with Gasteiger partial charge in [-0.05, 0) is 36.8 Å². The summed E-state index contributed by atoms with van der Waals surface area (Å²) in [7, 11) is 1.57. The molecule has 0 N–H and O–H groups in total. The number of amides is 1. The molecule has 2 heterocycles. The largest absolute Gasteiger partial charge is 0.497 e. The second-order valence-corrected chi connectivity index (χ2v) is 7.85. The maximum absolute atomic E-state index is 14.7. The fourth-order valence-corrected chi connectivity index (χ4v) is 3.97. The summed E-state index contributed by atoms with van der Waals surface area (Å²) >= 11 is 0. The van der Waals surface area contributed by atoms with Crippen molar-refractivity contribution in [1.29, 1.82) is 0 Å². The Morgan fingerprint density at radius 3 is 2.70 bits per heavy atom. The van der Waals surface area contributed by atoms with E-state index in [1.54, 1.807) is 54.5 Å². The number of carbonyl (C=O) groups is 1. The zero-order chi connectivity index (χ0) is 23.2. The molecule has 0 radical (unpaired) electrons. The highest BCUT2D eigenvalue weighted by atomic mass is 19.1. The van der Waals surface area contributed by atoms with Gasteiger partial charge in [-0.1, -0.05) is 30.3 Å². The van der Waals surface area contributed by atoms with E-state index in [0.29, 0.717) is 66.9 Å². The zero-order valence-corrected chi connectivity index (χ0v) is 18.9. The van der Waals surface area contributed by atoms with Crippen molar-refractivity contribution >= 4 is 11.8 Å². The summed E-state index contributed by atoms with van der Waals surface area (Å²) in [6.45, 7) is 5.19. The summed E-state index contributed by atoms with van der Waals surface area (Å²) in [5.41, 5.74) is 1.97. The molecule has 1 aromatic heterocycles. The van der Waals surface area contributed by atoms with Gasteiger partial charge in [0.1, 0.15) is 17.3 Å². The molecule has 2 aromatic carbocycles. The van der Waals surface area contributed by atoms with Crippen LogP contribution in [0.2, 0.25) is 0 Å². The van der Waals surface area contributed by atoms with E-state index in [-0.39, 0.29) is 18.3 Å². The van der Waals surface area contributed by atoms with Crippen LogP contribution in [0.3, 0.4) is 0 Å². The van der Waals surface area contributed by atoms with Crippen molar-refractivity contribution in [3.05, 3.63) is 65.5 Å². The molecule has 7 nitrogen and oxygen atoms in total. The number of aromatic nitrogens is 1. The van der Waals surface area contributed by atoms with Crippen LogP contribution in [0.5, 0.6) is 5.75 Å². The van der Waals surface area contributed by atoms with Gasteiger partial charge in [-0.3, -0.25) is 4.79 Å². The molecule has 3 aromatic rings. The lowest BCUT2D eigenvalue weighted by Crippen LogP contribution is -2.37. The Balaban J connectivity index is 1.73. The van der Waals surface area contributed by atoms with Gasteiger partial charge in [0.15, 0.2) is 0 Å². The van der Waals surface area contributed by atoms with Gasteiger partial charge < -0.3 is 23.8 Å². The van der Waals surface area contributed by atoms with Crippen LogP contribution in [-0.2, 0) is 11.3 Å². The second-order valence-electron chi connectivity index (χ2n) is 7.85. The number of benzene rings is 2. The van der Waals surface area contributed by atoms with Crippen LogP contribution in [0.4, 0.5) is 10.3 Å². The first-order chi connectivity index (χ1) is 16.1. The van der Waals surface area contributed by atoms with Gasteiger partial charge >= 0.3 is 0 Å². The number of ether oxygens (including phenoxy) is 2. The third-order valence-corrected chi connectivity index (χ3v) is 5.64. The lowest BCUT2D eigenvalue weighted by molar-refractivity contribution is 0.0742. The summed E-state index contributed by atoms with van der Waals surface area (Å²) in [5, 5.41) is 4.24. The van der Waals surface area contributed by atoms with Crippen LogP contribution in [0, 0.1) is 5.82 Å². The first kappa shape index (κ1) is 22.8. The van der Waals surface area contributed by atoms with Crippen LogP contribution in [-0.4, -0.2) is 55.9 Å². The van der Waals surface area contributed by atoms with E-state index in [4.69, 9.17) is 14.0 Å². The quantitative estimate of drug-likeness (QED) is 0.504. The number of anilines is 1. The maximum atomic E-state index is 14.7. The minimum absolute atomic E-state index is 0.135. The van der Waals surface area contributed by atoms with Crippen molar-refractivity contribution in [1.82, 2.24) is 10.1 Å². The molecule has 0 bridgehead atoms. The smallest absolute Gasteiger partial charge is 0.254 e. The highest BCUT2D eigenvalue weighted by molar-refractivity contribution is 5.94. The van der Waals surface area contributed by atoms with Gasteiger partial charge in [-0.25, -0.2) is 4.39 Å². The van der Waals surface area contributed by atoms with Crippen molar-refractivity contribution in [2.45, 2.75) is 19.9 Å². The SMILES string of the molecule is CCCN(Cc1c(-c2ccccc2F)noc1N1CCOCC1)C(=O)c1cccc(OC)c1. The Bertz CT molecular complexity index is 1090. The molecule has 0 saturated carbocycles. The molecule has 0 atom stereocenters. The highest BCUT2D eigenvalue weighted by Crippen LogP contribution is 2.34. The number of rotatable bonds is 8. The van der Waals surface area contributed by atoms with Gasteiger partial charge in [0.05, 0.1) is 32.4 Å². The Hall–Kier alpha value is -3.39. The van der Waals surface area contributed by atoms with Crippen molar-refractivity contribution < 1.29 is 23.2 Å². The van der Waals surface area contributed by atoms with Crippen LogP contribution < -0.4 is 9.64 Å². The van der Waals surface area contributed by atoms with Gasteiger partial charge in [0.2, 0.25) is 5.88 Å². The van der Waals surface area contributed by atoms with Gasteiger partial charge in [0.25, 0.3) is 5.91 Å². The van der Waals surface area contributed by atoms with E-state index in [9.17, 15) is 9.18 Å². The van der Waals surface area contributed by atoms with Gasteiger partial charge in [-0.15, -0.1) is 0 Å². The third-order valence-electron chi connectivity index (χ3n) is 5.64. The number of hydrogen-bond donors (Lipinski definition) is 0. The fraction of sp³-hybridized carbons (Fsp3) is 0.360. The molecule has 0 aliphatic carbocycles. The topological polar surface area (TPSA) is 68.0 Å². The fourth-order valence-electron chi connectivity index (χ4n) is 3.97. The lowest BCUT2D eigenvalue weighted by atomic mass is 10.1. The first-order valence-electron chi connectivity index (χ1n) is 11.1. The van der Waals surface area contributed by atoms with E-state index in [1.807, 2.05) is 11.8 Å². The summed E-state index contributed by atoms with van der Waals surface area (Å²) in [6.07, 6.45) is 0.767. The summed E-state index contributed by atoms with van der Waals surface area (Å²) in [4.78, 5) is 17.2. The van der Waals surface area contributed by atoms with Crippen molar-refractivity contribution in [2.24, 2.45) is 0 Å².